The summed E-state index contributed by atoms with van der Waals surface area (Å²) in [5.74, 6) is -0.0723. The second-order valence-corrected chi connectivity index (χ2v) is 6.82. The van der Waals surface area contributed by atoms with Crippen LogP contribution in [0.3, 0.4) is 0 Å². The number of hydrogen-bond acceptors (Lipinski definition) is 3. The molecule has 3 rings (SSSR count). The number of carbonyl (C=O) groups excluding carboxylic acids is 1. The van der Waals surface area contributed by atoms with Crippen LogP contribution in [0.5, 0.6) is 0 Å². The molecular formula is C21H26N2O2. The lowest BCUT2D eigenvalue weighted by atomic mass is 10.1. The number of piperidine rings is 1. The number of benzene rings is 2. The predicted octanol–water partition coefficient (Wildman–Crippen LogP) is 4.17. The monoisotopic (exact) mass is 338 g/mol. The van der Waals surface area contributed by atoms with Gasteiger partial charge in [-0.25, -0.2) is 0 Å². The Morgan fingerprint density at radius 2 is 1.80 bits per heavy atom. The van der Waals surface area contributed by atoms with Crippen LogP contribution in [-0.2, 0) is 4.74 Å². The van der Waals surface area contributed by atoms with E-state index in [1.165, 1.54) is 5.69 Å². The molecule has 0 radical (unpaired) electrons. The second kappa shape index (κ2) is 7.70. The van der Waals surface area contributed by atoms with Crippen LogP contribution in [0.1, 0.15) is 34.3 Å². The summed E-state index contributed by atoms with van der Waals surface area (Å²) in [5.41, 5.74) is 4.87. The molecule has 25 heavy (non-hydrogen) atoms. The maximum Gasteiger partial charge on any atom is 0.255 e. The van der Waals surface area contributed by atoms with Crippen LogP contribution in [-0.4, -0.2) is 32.2 Å². The molecule has 4 heteroatoms. The highest BCUT2D eigenvalue weighted by molar-refractivity contribution is 6.04. The lowest BCUT2D eigenvalue weighted by molar-refractivity contribution is 0.0893. The summed E-state index contributed by atoms with van der Waals surface area (Å²) in [7, 11) is 1.78. The second-order valence-electron chi connectivity index (χ2n) is 6.82. The topological polar surface area (TPSA) is 41.6 Å². The molecule has 0 aliphatic carbocycles. The van der Waals surface area contributed by atoms with Gasteiger partial charge in [-0.3, -0.25) is 4.79 Å². The molecule has 1 saturated heterocycles. The number of nitrogens with one attached hydrogen (secondary N) is 1. The molecule has 1 aliphatic rings. The molecule has 1 heterocycles. The molecule has 1 unspecified atom stereocenters. The highest BCUT2D eigenvalue weighted by Gasteiger charge is 2.19. The van der Waals surface area contributed by atoms with Crippen LogP contribution in [0, 0.1) is 13.8 Å². The van der Waals surface area contributed by atoms with Crippen molar-refractivity contribution in [2.75, 3.05) is 30.4 Å². The predicted molar refractivity (Wildman–Crippen MR) is 103 cm³/mol. The Morgan fingerprint density at radius 3 is 2.44 bits per heavy atom. The van der Waals surface area contributed by atoms with Crippen LogP contribution >= 0.6 is 0 Å². The number of aryl methyl sites for hydroxylation is 2. The number of rotatable bonds is 4. The Kier molecular flexibility index (Phi) is 5.39. The van der Waals surface area contributed by atoms with Crippen molar-refractivity contribution in [2.24, 2.45) is 0 Å². The van der Waals surface area contributed by atoms with Gasteiger partial charge in [-0.05, 0) is 63.1 Å². The number of nitrogens with zero attached hydrogens (tertiary/aromatic N) is 1. The quantitative estimate of drug-likeness (QED) is 0.910. The molecule has 1 N–H and O–H groups in total. The third kappa shape index (κ3) is 4.40. The Morgan fingerprint density at radius 1 is 1.12 bits per heavy atom. The van der Waals surface area contributed by atoms with E-state index in [0.29, 0.717) is 11.7 Å². The van der Waals surface area contributed by atoms with Gasteiger partial charge in [0.05, 0.1) is 6.10 Å². The molecule has 132 valence electrons. The van der Waals surface area contributed by atoms with Crippen molar-refractivity contribution >= 4 is 17.3 Å². The first-order chi connectivity index (χ1) is 12.0. The van der Waals surface area contributed by atoms with E-state index in [4.69, 9.17) is 4.74 Å². The van der Waals surface area contributed by atoms with Gasteiger partial charge in [0, 0.05) is 37.1 Å². The summed E-state index contributed by atoms with van der Waals surface area (Å²) in [6.07, 6.45) is 2.57. The molecule has 0 spiro atoms. The molecule has 1 amide bonds. The number of ether oxygens (including phenoxy) is 1. The van der Waals surface area contributed by atoms with Crippen molar-refractivity contribution in [2.45, 2.75) is 32.8 Å². The van der Waals surface area contributed by atoms with Gasteiger partial charge in [0.2, 0.25) is 0 Å². The third-order valence-corrected chi connectivity index (χ3v) is 4.69. The minimum atomic E-state index is -0.0723. The molecule has 4 nitrogen and oxygen atoms in total. The summed E-state index contributed by atoms with van der Waals surface area (Å²) < 4.78 is 5.49. The summed E-state index contributed by atoms with van der Waals surface area (Å²) in [4.78, 5) is 14.8. The van der Waals surface area contributed by atoms with Crippen molar-refractivity contribution in [3.05, 3.63) is 59.2 Å². The first kappa shape index (κ1) is 17.5. The highest BCUT2D eigenvalue weighted by atomic mass is 16.5. The van der Waals surface area contributed by atoms with E-state index in [1.54, 1.807) is 7.11 Å². The van der Waals surface area contributed by atoms with Crippen LogP contribution in [0.25, 0.3) is 0 Å². The highest BCUT2D eigenvalue weighted by Crippen LogP contribution is 2.23. The molecule has 1 fully saturated rings. The normalized spacial score (nSPS) is 17.4. The first-order valence-electron chi connectivity index (χ1n) is 8.82. The van der Waals surface area contributed by atoms with Gasteiger partial charge in [-0.15, -0.1) is 0 Å². The number of methoxy groups -OCH3 is 1. The zero-order chi connectivity index (χ0) is 17.8. The summed E-state index contributed by atoms with van der Waals surface area (Å²) in [6, 6.07) is 13.9. The molecule has 2 aromatic carbocycles. The van der Waals surface area contributed by atoms with E-state index in [0.717, 1.165) is 42.7 Å². The molecule has 1 aliphatic heterocycles. The fourth-order valence-corrected chi connectivity index (χ4v) is 3.43. The molecule has 0 aromatic heterocycles. The van der Waals surface area contributed by atoms with Crippen LogP contribution in [0.15, 0.2) is 42.5 Å². The van der Waals surface area contributed by atoms with Gasteiger partial charge in [-0.1, -0.05) is 17.2 Å². The maximum atomic E-state index is 12.4. The minimum absolute atomic E-state index is 0.0723. The number of carbonyl (C=O) groups is 1. The number of anilines is 2. The van der Waals surface area contributed by atoms with Crippen molar-refractivity contribution in [1.82, 2.24) is 0 Å². The molecular weight excluding hydrogens is 312 g/mol. The Balaban J connectivity index is 1.67. The van der Waals surface area contributed by atoms with Crippen molar-refractivity contribution < 1.29 is 9.53 Å². The van der Waals surface area contributed by atoms with Crippen LogP contribution in [0.4, 0.5) is 11.4 Å². The van der Waals surface area contributed by atoms with E-state index in [-0.39, 0.29) is 5.91 Å². The van der Waals surface area contributed by atoms with Crippen molar-refractivity contribution in [3.63, 3.8) is 0 Å². The SMILES string of the molecule is COC1CCCN(c2ccc(NC(=O)c3cc(C)cc(C)c3)cc2)C1. The smallest absolute Gasteiger partial charge is 0.255 e. The summed E-state index contributed by atoms with van der Waals surface area (Å²) in [5, 5.41) is 2.98. The number of hydrogen-bond donors (Lipinski definition) is 1. The molecule has 2 aromatic rings. The van der Waals surface area contributed by atoms with Gasteiger partial charge >= 0.3 is 0 Å². The van der Waals surface area contributed by atoms with E-state index in [9.17, 15) is 4.79 Å². The average molecular weight is 338 g/mol. The van der Waals surface area contributed by atoms with E-state index in [2.05, 4.69) is 28.4 Å². The van der Waals surface area contributed by atoms with Crippen molar-refractivity contribution in [3.8, 4) is 0 Å². The minimum Gasteiger partial charge on any atom is -0.380 e. The average Bonchev–Trinajstić information content (AvgIpc) is 2.61. The van der Waals surface area contributed by atoms with Crippen molar-refractivity contribution in [1.29, 1.82) is 0 Å². The number of amides is 1. The first-order valence-corrected chi connectivity index (χ1v) is 8.82. The van der Waals surface area contributed by atoms with E-state index < -0.39 is 0 Å². The third-order valence-electron chi connectivity index (χ3n) is 4.69. The van der Waals surface area contributed by atoms with Crippen LogP contribution in [0.2, 0.25) is 0 Å². The summed E-state index contributed by atoms with van der Waals surface area (Å²) in [6.45, 7) is 5.98. The van der Waals surface area contributed by atoms with E-state index in [1.807, 2.05) is 38.1 Å². The Labute approximate surface area is 149 Å². The van der Waals surface area contributed by atoms with Gasteiger partial charge in [0.15, 0.2) is 0 Å². The molecule has 1 atom stereocenters. The van der Waals surface area contributed by atoms with Gasteiger partial charge in [0.25, 0.3) is 5.91 Å². The fraction of sp³-hybridized carbons (Fsp3) is 0.381. The molecule has 0 saturated carbocycles. The van der Waals surface area contributed by atoms with Gasteiger partial charge in [-0.2, -0.15) is 0 Å². The summed E-state index contributed by atoms with van der Waals surface area (Å²) >= 11 is 0. The zero-order valence-electron chi connectivity index (χ0n) is 15.2. The fourth-order valence-electron chi connectivity index (χ4n) is 3.43. The lowest BCUT2D eigenvalue weighted by Gasteiger charge is -2.33. The zero-order valence-corrected chi connectivity index (χ0v) is 15.2. The van der Waals surface area contributed by atoms with Gasteiger partial charge < -0.3 is 15.0 Å². The molecule has 0 bridgehead atoms. The Hall–Kier alpha value is -2.33. The largest absolute Gasteiger partial charge is 0.380 e. The standard InChI is InChI=1S/C21H26N2O2/c1-15-11-16(2)13-17(12-15)21(24)22-18-6-8-19(9-7-18)23-10-4-5-20(14-23)25-3/h6-9,11-13,20H,4-5,10,14H2,1-3H3,(H,22,24). The lowest BCUT2D eigenvalue weighted by Crippen LogP contribution is -2.39. The van der Waals surface area contributed by atoms with E-state index >= 15 is 0 Å². The maximum absolute atomic E-state index is 12.4. The Bertz CT molecular complexity index is 720. The van der Waals surface area contributed by atoms with Crippen LogP contribution < -0.4 is 10.2 Å². The van der Waals surface area contributed by atoms with Gasteiger partial charge in [0.1, 0.15) is 0 Å².